The third-order valence-corrected chi connectivity index (χ3v) is 1.53. The number of hydrogen-bond donors (Lipinski definition) is 0. The third-order valence-electron chi connectivity index (χ3n) is 1.53. The largest absolute Gasteiger partial charge is 0.303 e. The molecule has 0 N–H and O–H groups in total. The molecule has 1 aromatic carbocycles. The number of carbonyl (C=O) groups excluding carboxylic acids is 1. The molecular formula is C10H8NO. The van der Waals surface area contributed by atoms with Gasteiger partial charge >= 0.3 is 0 Å². The van der Waals surface area contributed by atoms with Gasteiger partial charge in [0, 0.05) is 6.42 Å². The van der Waals surface area contributed by atoms with Crippen molar-refractivity contribution >= 4 is 6.29 Å². The summed E-state index contributed by atoms with van der Waals surface area (Å²) in [5, 5.41) is 8.49. The van der Waals surface area contributed by atoms with Crippen LogP contribution in [0.1, 0.15) is 11.1 Å². The van der Waals surface area contributed by atoms with Gasteiger partial charge in [-0.3, -0.25) is 0 Å². The van der Waals surface area contributed by atoms with Crippen molar-refractivity contribution in [1.82, 2.24) is 0 Å². The first kappa shape index (κ1) is 8.48. The number of benzene rings is 1. The van der Waals surface area contributed by atoms with Crippen LogP contribution in [-0.2, 0) is 11.2 Å². The molecule has 0 spiro atoms. The summed E-state index contributed by atoms with van der Waals surface area (Å²) in [6.07, 6.45) is 2.95. The Morgan fingerprint density at radius 3 is 2.50 bits per heavy atom. The second kappa shape index (κ2) is 4.30. The third kappa shape index (κ3) is 2.21. The molecule has 0 aromatic heterocycles. The van der Waals surface area contributed by atoms with Crippen molar-refractivity contribution in [3.63, 3.8) is 0 Å². The first-order valence-electron chi connectivity index (χ1n) is 3.63. The van der Waals surface area contributed by atoms with Gasteiger partial charge in [-0.25, -0.2) is 0 Å². The highest BCUT2D eigenvalue weighted by Crippen LogP contribution is 2.04. The fourth-order valence-electron chi connectivity index (χ4n) is 0.900. The number of rotatable bonds is 3. The Kier molecular flexibility index (Phi) is 3.04. The normalized spacial score (nSPS) is 8.92. The van der Waals surface area contributed by atoms with E-state index in [4.69, 9.17) is 5.26 Å². The smallest absolute Gasteiger partial charge is 0.124 e. The molecule has 1 aromatic rings. The molecule has 0 amide bonds. The van der Waals surface area contributed by atoms with Crippen LogP contribution in [0, 0.1) is 17.8 Å². The average Bonchev–Trinajstić information content (AvgIpc) is 2.15. The molecule has 0 heterocycles. The molecule has 0 atom stereocenters. The molecule has 1 radical (unpaired) electrons. The summed E-state index contributed by atoms with van der Waals surface area (Å²) in [5.41, 5.74) is 1.69. The lowest BCUT2D eigenvalue weighted by Gasteiger charge is -1.95. The lowest BCUT2D eigenvalue weighted by molar-refractivity contribution is -0.105. The van der Waals surface area contributed by atoms with Gasteiger partial charge in [0.15, 0.2) is 0 Å². The maximum absolute atomic E-state index is 9.99. The standard InChI is InChI=1S/C10H8NO/c11-8-10-5-3-9(4-6-10)2-1-7-12/h1,3-7H,2H2. The summed E-state index contributed by atoms with van der Waals surface area (Å²) in [4.78, 5) is 9.99. The monoisotopic (exact) mass is 158 g/mol. The van der Waals surface area contributed by atoms with E-state index in [0.717, 1.165) is 11.8 Å². The van der Waals surface area contributed by atoms with E-state index in [0.29, 0.717) is 12.0 Å². The van der Waals surface area contributed by atoms with E-state index >= 15 is 0 Å². The first-order chi connectivity index (χ1) is 5.86. The summed E-state index contributed by atoms with van der Waals surface area (Å²) in [7, 11) is 0. The fourth-order valence-corrected chi connectivity index (χ4v) is 0.900. The van der Waals surface area contributed by atoms with Crippen LogP contribution in [0.15, 0.2) is 24.3 Å². The van der Waals surface area contributed by atoms with Crippen LogP contribution in [-0.4, -0.2) is 6.29 Å². The molecule has 0 saturated carbocycles. The summed E-state index contributed by atoms with van der Waals surface area (Å²) in [6, 6.07) is 9.21. The minimum atomic E-state index is 0.634. The SMILES string of the molecule is N#Cc1ccc(C[CH]C=O)cc1. The van der Waals surface area contributed by atoms with E-state index in [2.05, 4.69) is 0 Å². The van der Waals surface area contributed by atoms with E-state index < -0.39 is 0 Å². The first-order valence-corrected chi connectivity index (χ1v) is 3.63. The predicted octanol–water partition coefficient (Wildman–Crippen LogP) is 1.50. The van der Waals surface area contributed by atoms with E-state index in [1.54, 1.807) is 18.6 Å². The van der Waals surface area contributed by atoms with Crippen molar-refractivity contribution in [2.75, 3.05) is 0 Å². The Morgan fingerprint density at radius 2 is 2.00 bits per heavy atom. The molecule has 0 aliphatic carbocycles. The van der Waals surface area contributed by atoms with Crippen LogP contribution in [0.3, 0.4) is 0 Å². The predicted molar refractivity (Wildman–Crippen MR) is 45.2 cm³/mol. The van der Waals surface area contributed by atoms with Crippen LogP contribution < -0.4 is 0 Å². The van der Waals surface area contributed by atoms with E-state index in [9.17, 15) is 4.79 Å². The molecule has 0 fully saturated rings. The van der Waals surface area contributed by atoms with Gasteiger partial charge in [0.1, 0.15) is 6.29 Å². The van der Waals surface area contributed by atoms with Gasteiger partial charge in [-0.2, -0.15) is 5.26 Å². The Hall–Kier alpha value is -1.62. The highest BCUT2D eigenvalue weighted by atomic mass is 16.1. The summed E-state index contributed by atoms with van der Waals surface area (Å²) in [5.74, 6) is 0. The minimum Gasteiger partial charge on any atom is -0.303 e. The van der Waals surface area contributed by atoms with Gasteiger partial charge < -0.3 is 4.79 Å². The van der Waals surface area contributed by atoms with Crippen molar-refractivity contribution in [1.29, 1.82) is 5.26 Å². The molecule has 12 heavy (non-hydrogen) atoms. The van der Waals surface area contributed by atoms with Crippen molar-refractivity contribution < 1.29 is 4.79 Å². The van der Waals surface area contributed by atoms with Crippen LogP contribution >= 0.6 is 0 Å². The quantitative estimate of drug-likeness (QED) is 0.625. The number of nitrogens with zero attached hydrogens (tertiary/aromatic N) is 1. The molecule has 2 heteroatoms. The number of carbonyl (C=O) groups is 1. The Labute approximate surface area is 71.4 Å². The van der Waals surface area contributed by atoms with Crippen molar-refractivity contribution in [2.45, 2.75) is 6.42 Å². The fraction of sp³-hybridized carbons (Fsp3) is 0.100. The van der Waals surface area contributed by atoms with Gasteiger partial charge in [0.05, 0.1) is 11.6 Å². The molecule has 59 valence electrons. The van der Waals surface area contributed by atoms with Crippen molar-refractivity contribution in [3.05, 3.63) is 41.8 Å². The molecule has 0 aliphatic rings. The summed E-state index contributed by atoms with van der Waals surface area (Å²) >= 11 is 0. The molecule has 0 saturated heterocycles. The van der Waals surface area contributed by atoms with E-state index in [1.165, 1.54) is 0 Å². The van der Waals surface area contributed by atoms with Gasteiger partial charge in [-0.15, -0.1) is 0 Å². The molecule has 2 nitrogen and oxygen atoms in total. The molecule has 0 bridgehead atoms. The lowest BCUT2D eigenvalue weighted by atomic mass is 10.1. The molecule has 1 rings (SSSR count). The molecule has 0 aliphatic heterocycles. The Balaban J connectivity index is 2.66. The second-order valence-electron chi connectivity index (χ2n) is 2.38. The van der Waals surface area contributed by atoms with E-state index in [1.807, 2.05) is 18.2 Å². The number of nitriles is 1. The van der Waals surface area contributed by atoms with Crippen LogP contribution in [0.5, 0.6) is 0 Å². The van der Waals surface area contributed by atoms with E-state index in [-0.39, 0.29) is 0 Å². The van der Waals surface area contributed by atoms with Crippen molar-refractivity contribution in [2.24, 2.45) is 0 Å². The summed E-state index contributed by atoms with van der Waals surface area (Å²) in [6.45, 7) is 0. The molecule has 0 unspecified atom stereocenters. The van der Waals surface area contributed by atoms with Gasteiger partial charge in [-0.1, -0.05) is 12.1 Å². The second-order valence-corrected chi connectivity index (χ2v) is 2.38. The van der Waals surface area contributed by atoms with Crippen LogP contribution in [0.4, 0.5) is 0 Å². The van der Waals surface area contributed by atoms with Crippen LogP contribution in [0.2, 0.25) is 0 Å². The maximum Gasteiger partial charge on any atom is 0.124 e. The number of hydrogen-bond acceptors (Lipinski definition) is 2. The zero-order valence-electron chi connectivity index (χ0n) is 6.53. The highest BCUT2D eigenvalue weighted by Gasteiger charge is 1.92. The summed E-state index contributed by atoms with van der Waals surface area (Å²) < 4.78 is 0. The van der Waals surface area contributed by atoms with Crippen LogP contribution in [0.25, 0.3) is 0 Å². The average molecular weight is 158 g/mol. The number of aldehydes is 1. The molecular weight excluding hydrogens is 150 g/mol. The topological polar surface area (TPSA) is 40.9 Å². The maximum atomic E-state index is 9.99. The van der Waals surface area contributed by atoms with Gasteiger partial charge in [0.25, 0.3) is 0 Å². The Bertz CT molecular complexity index is 295. The van der Waals surface area contributed by atoms with Crippen molar-refractivity contribution in [3.8, 4) is 6.07 Å². The van der Waals surface area contributed by atoms with Gasteiger partial charge in [0.2, 0.25) is 0 Å². The zero-order chi connectivity index (χ0) is 8.81. The minimum absolute atomic E-state index is 0.634. The highest BCUT2D eigenvalue weighted by molar-refractivity contribution is 5.61. The van der Waals surface area contributed by atoms with Gasteiger partial charge in [-0.05, 0) is 24.1 Å². The lowest BCUT2D eigenvalue weighted by Crippen LogP contribution is -1.86. The zero-order valence-corrected chi connectivity index (χ0v) is 6.53. The Morgan fingerprint density at radius 1 is 1.33 bits per heavy atom.